The standard InChI is InChI=1S/C43H40N8O7/c1-44-39(54)31-24-48-32-16-14-25(21-30(32)38(31)49-27-9-4-2-5-10-27)26-15-17-34(46-22-26)40(55)45-20-7-3-6-11-28(52)23-47-33-13-8-12-29-37(33)43(58)51(42(29)57)35-18-19-36(53)50-41(35)56/h2,4-5,8-10,12-17,21-22,24,35,47H,3,6-7,11,18-20,23H2,1H3,(H,44,54)(H,45,55)(H,48,49)(H,50,53,56). The van der Waals surface area contributed by atoms with Gasteiger partial charge in [0.15, 0.2) is 5.78 Å². The third-order valence-electron chi connectivity index (χ3n) is 10.1. The lowest BCUT2D eigenvalue weighted by Gasteiger charge is -2.27. The zero-order valence-electron chi connectivity index (χ0n) is 31.6. The fraction of sp³-hybridized carbons (Fsp3) is 0.233. The molecule has 7 rings (SSSR count). The number of hydrogen-bond donors (Lipinski definition) is 5. The number of amides is 6. The Kier molecular flexibility index (Phi) is 11.6. The minimum Gasteiger partial charge on any atom is -0.377 e. The van der Waals surface area contributed by atoms with E-state index in [0.717, 1.165) is 27.1 Å². The minimum atomic E-state index is -1.08. The Morgan fingerprint density at radius 3 is 2.40 bits per heavy atom. The summed E-state index contributed by atoms with van der Waals surface area (Å²) in [7, 11) is 1.57. The number of fused-ring (bicyclic) bond motifs is 2. The van der Waals surface area contributed by atoms with E-state index < -0.39 is 29.7 Å². The monoisotopic (exact) mass is 780 g/mol. The third kappa shape index (κ3) is 8.28. The molecule has 5 N–H and O–H groups in total. The van der Waals surface area contributed by atoms with Crippen LogP contribution in [0.3, 0.4) is 0 Å². The molecule has 15 heteroatoms. The number of anilines is 3. The number of nitrogens with zero attached hydrogens (tertiary/aromatic N) is 3. The van der Waals surface area contributed by atoms with Crippen molar-refractivity contribution in [1.29, 1.82) is 0 Å². The number of Topliss-reactive ketones (excluding diaryl/α,β-unsaturated/α-hetero) is 1. The molecular weight excluding hydrogens is 741 g/mol. The van der Waals surface area contributed by atoms with Gasteiger partial charge in [-0.2, -0.15) is 0 Å². The largest absolute Gasteiger partial charge is 0.377 e. The number of hydrogen-bond acceptors (Lipinski definition) is 11. The van der Waals surface area contributed by atoms with Gasteiger partial charge in [0.25, 0.3) is 23.6 Å². The zero-order chi connectivity index (χ0) is 40.8. The second kappa shape index (κ2) is 17.2. The van der Waals surface area contributed by atoms with Gasteiger partial charge in [-0.05, 0) is 67.3 Å². The maximum atomic E-state index is 13.3. The Bertz CT molecular complexity index is 2450. The van der Waals surface area contributed by atoms with Gasteiger partial charge in [-0.3, -0.25) is 53.7 Å². The number of ketones is 1. The first-order valence-electron chi connectivity index (χ1n) is 18.9. The van der Waals surface area contributed by atoms with Crippen LogP contribution < -0.4 is 26.6 Å². The van der Waals surface area contributed by atoms with Gasteiger partial charge in [0.2, 0.25) is 11.8 Å². The average Bonchev–Trinajstić information content (AvgIpc) is 3.50. The fourth-order valence-electron chi connectivity index (χ4n) is 7.04. The lowest BCUT2D eigenvalue weighted by atomic mass is 10.0. The molecule has 1 fully saturated rings. The molecule has 4 heterocycles. The van der Waals surface area contributed by atoms with Crippen molar-refractivity contribution in [2.75, 3.05) is 30.8 Å². The summed E-state index contributed by atoms with van der Waals surface area (Å²) < 4.78 is 0. The highest BCUT2D eigenvalue weighted by Gasteiger charge is 2.45. The summed E-state index contributed by atoms with van der Waals surface area (Å²) in [4.78, 5) is 98.4. The summed E-state index contributed by atoms with van der Waals surface area (Å²) >= 11 is 0. The fourth-order valence-corrected chi connectivity index (χ4v) is 7.04. The highest BCUT2D eigenvalue weighted by atomic mass is 16.2. The number of carbonyl (C=O) groups excluding carboxylic acids is 7. The van der Waals surface area contributed by atoms with Gasteiger partial charge in [-0.1, -0.05) is 42.8 Å². The van der Waals surface area contributed by atoms with Crippen LogP contribution in [0.15, 0.2) is 91.3 Å². The second-order valence-electron chi connectivity index (χ2n) is 13.9. The summed E-state index contributed by atoms with van der Waals surface area (Å²) in [6, 6.07) is 22.4. The molecule has 5 aromatic rings. The molecule has 2 aliphatic rings. The van der Waals surface area contributed by atoms with Gasteiger partial charge in [-0.25, -0.2) is 0 Å². The van der Waals surface area contributed by atoms with E-state index in [-0.39, 0.29) is 60.2 Å². The zero-order valence-corrected chi connectivity index (χ0v) is 31.6. The van der Waals surface area contributed by atoms with Crippen molar-refractivity contribution in [1.82, 2.24) is 30.8 Å². The van der Waals surface area contributed by atoms with Gasteiger partial charge in [0.1, 0.15) is 11.7 Å². The van der Waals surface area contributed by atoms with E-state index in [1.165, 1.54) is 6.07 Å². The summed E-state index contributed by atoms with van der Waals surface area (Å²) in [5.41, 5.74) is 4.95. The Morgan fingerprint density at radius 2 is 1.64 bits per heavy atom. The number of para-hydroxylation sites is 1. The van der Waals surface area contributed by atoms with E-state index in [2.05, 4.69) is 36.6 Å². The van der Waals surface area contributed by atoms with Gasteiger partial charge in [-0.15, -0.1) is 0 Å². The van der Waals surface area contributed by atoms with E-state index in [1.54, 1.807) is 37.6 Å². The van der Waals surface area contributed by atoms with Crippen LogP contribution in [0.4, 0.5) is 17.1 Å². The predicted molar refractivity (Wildman–Crippen MR) is 216 cm³/mol. The summed E-state index contributed by atoms with van der Waals surface area (Å²) in [5.74, 6) is -3.09. The van der Waals surface area contributed by atoms with E-state index in [1.807, 2.05) is 54.6 Å². The molecule has 3 aromatic carbocycles. The quantitative estimate of drug-likeness (QED) is 0.0722. The highest BCUT2D eigenvalue weighted by Crippen LogP contribution is 2.34. The van der Waals surface area contributed by atoms with Crippen LogP contribution in [0.2, 0.25) is 0 Å². The first-order chi connectivity index (χ1) is 28.1. The smallest absolute Gasteiger partial charge is 0.269 e. The molecule has 294 valence electrons. The van der Waals surface area contributed by atoms with Crippen LogP contribution >= 0.6 is 0 Å². The molecule has 1 saturated heterocycles. The Morgan fingerprint density at radius 1 is 0.828 bits per heavy atom. The number of unbranched alkanes of at least 4 members (excludes halogenated alkanes) is 2. The first kappa shape index (κ1) is 39.0. The van der Waals surface area contributed by atoms with Gasteiger partial charge < -0.3 is 21.3 Å². The van der Waals surface area contributed by atoms with Gasteiger partial charge in [0, 0.05) is 61.2 Å². The van der Waals surface area contributed by atoms with E-state index in [9.17, 15) is 33.6 Å². The second-order valence-corrected chi connectivity index (χ2v) is 13.9. The highest BCUT2D eigenvalue weighted by molar-refractivity contribution is 6.25. The number of nitrogens with one attached hydrogen (secondary N) is 5. The van der Waals surface area contributed by atoms with Crippen LogP contribution in [0.25, 0.3) is 22.0 Å². The molecule has 0 saturated carbocycles. The lowest BCUT2D eigenvalue weighted by Crippen LogP contribution is -2.54. The molecule has 15 nitrogen and oxygen atoms in total. The maximum absolute atomic E-state index is 13.3. The number of benzene rings is 3. The molecule has 0 spiro atoms. The van der Waals surface area contributed by atoms with Crippen molar-refractivity contribution < 1.29 is 33.6 Å². The molecule has 6 amide bonds. The first-order valence-corrected chi connectivity index (χ1v) is 18.9. The van der Waals surface area contributed by atoms with Crippen LogP contribution in [0, 0.1) is 0 Å². The van der Waals surface area contributed by atoms with E-state index >= 15 is 0 Å². The average molecular weight is 781 g/mol. The molecule has 0 bridgehead atoms. The van der Waals surface area contributed by atoms with Gasteiger partial charge in [0.05, 0.1) is 34.4 Å². The molecule has 58 heavy (non-hydrogen) atoms. The van der Waals surface area contributed by atoms with E-state index in [4.69, 9.17) is 0 Å². The number of imide groups is 2. The van der Waals surface area contributed by atoms with Crippen LogP contribution in [-0.2, 0) is 14.4 Å². The van der Waals surface area contributed by atoms with Crippen molar-refractivity contribution in [3.05, 3.63) is 114 Å². The summed E-state index contributed by atoms with van der Waals surface area (Å²) in [6.45, 7) is 0.334. The SMILES string of the molecule is CNC(=O)c1cnc2ccc(-c3ccc(C(=O)NCCCCCC(=O)CNc4cccc5c4C(=O)N(C4CCC(=O)NC4=O)C5=O)nc3)cc2c1Nc1ccccc1. The number of aromatic nitrogens is 2. The van der Waals surface area contributed by atoms with Crippen molar-refractivity contribution in [3.8, 4) is 11.1 Å². The van der Waals surface area contributed by atoms with Crippen molar-refractivity contribution in [2.45, 2.75) is 44.6 Å². The predicted octanol–water partition coefficient (Wildman–Crippen LogP) is 4.77. The maximum Gasteiger partial charge on any atom is 0.269 e. The van der Waals surface area contributed by atoms with Crippen molar-refractivity contribution in [3.63, 3.8) is 0 Å². The topological polar surface area (TPSA) is 209 Å². The minimum absolute atomic E-state index is 0.0215. The molecule has 0 aliphatic carbocycles. The van der Waals surface area contributed by atoms with Crippen LogP contribution in [0.1, 0.15) is 80.1 Å². The molecular formula is C43H40N8O7. The summed E-state index contributed by atoms with van der Waals surface area (Å²) in [6.07, 6.45) is 5.45. The van der Waals surface area contributed by atoms with Crippen molar-refractivity contribution >= 4 is 69.2 Å². The molecule has 0 radical (unpaired) electrons. The molecule has 2 aromatic heterocycles. The summed E-state index contributed by atoms with van der Waals surface area (Å²) in [5, 5.41) is 14.8. The Hall–Kier alpha value is -7.29. The number of piperidine rings is 1. The van der Waals surface area contributed by atoms with Crippen LogP contribution in [0.5, 0.6) is 0 Å². The number of rotatable bonds is 15. The Labute approximate surface area is 333 Å². The number of carbonyl (C=O) groups is 7. The van der Waals surface area contributed by atoms with Crippen molar-refractivity contribution in [2.24, 2.45) is 0 Å². The molecule has 1 unspecified atom stereocenters. The lowest BCUT2D eigenvalue weighted by molar-refractivity contribution is -0.136. The molecule has 2 aliphatic heterocycles. The molecule has 1 atom stereocenters. The van der Waals surface area contributed by atoms with E-state index in [0.29, 0.717) is 48.3 Å². The third-order valence-corrected chi connectivity index (χ3v) is 10.1. The Balaban J connectivity index is 0.879. The van der Waals surface area contributed by atoms with Crippen LogP contribution in [-0.4, -0.2) is 82.3 Å². The van der Waals surface area contributed by atoms with Gasteiger partial charge >= 0.3 is 0 Å². The number of pyridine rings is 2. The normalized spacial score (nSPS) is 14.8.